The van der Waals surface area contributed by atoms with Crippen LogP contribution in [-0.4, -0.2) is 53.5 Å². The van der Waals surface area contributed by atoms with Crippen LogP contribution >= 0.6 is 11.6 Å². The fourth-order valence-corrected chi connectivity index (χ4v) is 3.82. The van der Waals surface area contributed by atoms with E-state index in [0.29, 0.717) is 17.9 Å². The third-order valence-corrected chi connectivity index (χ3v) is 5.48. The summed E-state index contributed by atoms with van der Waals surface area (Å²) >= 11 is 6.09. The average Bonchev–Trinajstić information content (AvgIpc) is 2.69. The molecule has 0 spiro atoms. The number of piperazine rings is 1. The number of carbonyl (C=O) groups excluding carboxylic acids is 1. The van der Waals surface area contributed by atoms with Gasteiger partial charge in [0.1, 0.15) is 5.60 Å². The first-order chi connectivity index (χ1) is 16.5. The standard InChI is InChI=1S/C25H37ClN2O2/c1-18-16-27(13-14-28(18)23(29)30-24(2,3)4)17-20-11-12-25(5,6)15-22(20)19-7-9-21(26)10-8-19/h7-10,18H,11-17H2,1-6H3/i13D2,14D2,16D2,18D. The average molecular weight is 440 g/mol. The highest BCUT2D eigenvalue weighted by Gasteiger charge is 2.33. The van der Waals surface area contributed by atoms with Crippen molar-refractivity contribution in [2.45, 2.75) is 72.4 Å². The first kappa shape index (κ1) is 15.3. The summed E-state index contributed by atoms with van der Waals surface area (Å²) in [5, 5.41) is 0.574. The second kappa shape index (κ2) is 8.92. The Morgan fingerprint density at radius 3 is 2.60 bits per heavy atom. The van der Waals surface area contributed by atoms with E-state index >= 15 is 0 Å². The zero-order valence-electron chi connectivity index (χ0n) is 25.7. The summed E-state index contributed by atoms with van der Waals surface area (Å²) in [6.45, 7) is 0.966. The zero-order valence-corrected chi connectivity index (χ0v) is 19.5. The molecule has 1 aliphatic carbocycles. The van der Waals surface area contributed by atoms with Crippen molar-refractivity contribution in [1.29, 1.82) is 0 Å². The van der Waals surface area contributed by atoms with Crippen LogP contribution in [0.15, 0.2) is 29.8 Å². The second-order valence-electron chi connectivity index (χ2n) is 9.75. The zero-order chi connectivity index (χ0) is 28.4. The SMILES string of the molecule is [2H]C1([2H])N(CC2=C(c3ccc(Cl)cc3)CC(C)(C)CC2)C([2H])([2H])C([2H])(C)N(C(=O)OC(C)(C)C)C1([2H])[2H]. The van der Waals surface area contributed by atoms with E-state index in [1.54, 1.807) is 32.9 Å². The molecule has 1 fully saturated rings. The van der Waals surface area contributed by atoms with Crippen molar-refractivity contribution in [1.82, 2.24) is 9.80 Å². The van der Waals surface area contributed by atoms with Crippen molar-refractivity contribution in [3.63, 3.8) is 0 Å². The number of benzene rings is 1. The van der Waals surface area contributed by atoms with Crippen molar-refractivity contribution in [3.8, 4) is 0 Å². The highest BCUT2D eigenvalue weighted by molar-refractivity contribution is 6.30. The molecule has 1 atom stereocenters. The van der Waals surface area contributed by atoms with Crippen LogP contribution in [0.5, 0.6) is 0 Å². The molecule has 0 bridgehead atoms. The van der Waals surface area contributed by atoms with E-state index in [4.69, 9.17) is 25.9 Å². The van der Waals surface area contributed by atoms with Crippen LogP contribution in [-0.2, 0) is 4.74 Å². The number of halogens is 1. The third kappa shape index (κ3) is 6.01. The molecule has 1 unspecified atom stereocenters. The van der Waals surface area contributed by atoms with Crippen LogP contribution in [0.3, 0.4) is 0 Å². The molecule has 0 N–H and O–H groups in total. The molecule has 1 saturated heterocycles. The van der Waals surface area contributed by atoms with E-state index in [1.165, 1.54) is 0 Å². The van der Waals surface area contributed by atoms with Gasteiger partial charge in [0.05, 0.1) is 4.11 Å². The molecular weight excluding hydrogens is 396 g/mol. The molecule has 1 heterocycles. The second-order valence-corrected chi connectivity index (χ2v) is 10.2. The van der Waals surface area contributed by atoms with Gasteiger partial charge in [-0.15, -0.1) is 0 Å². The molecule has 1 aliphatic heterocycles. The molecular formula is C25H37ClN2O2. The van der Waals surface area contributed by atoms with Crippen molar-refractivity contribution in [2.24, 2.45) is 5.41 Å². The fraction of sp³-hybridized carbons (Fsp3) is 0.640. The Morgan fingerprint density at radius 1 is 1.30 bits per heavy atom. The molecule has 2 aliphatic rings. The first-order valence-electron chi connectivity index (χ1n) is 13.8. The Balaban J connectivity index is 2.13. The lowest BCUT2D eigenvalue weighted by atomic mass is 9.72. The Kier molecular flexibility index (Phi) is 4.55. The summed E-state index contributed by atoms with van der Waals surface area (Å²) in [6, 6.07) is 4.76. The number of hydrogen-bond donors (Lipinski definition) is 0. The predicted octanol–water partition coefficient (Wildman–Crippen LogP) is 6.24. The van der Waals surface area contributed by atoms with Gasteiger partial charge in [0.15, 0.2) is 0 Å². The van der Waals surface area contributed by atoms with Crippen molar-refractivity contribution in [2.75, 3.05) is 26.0 Å². The molecule has 1 aromatic rings. The number of nitrogens with zero attached hydrogens (tertiary/aromatic N) is 2. The summed E-state index contributed by atoms with van der Waals surface area (Å²) in [4.78, 5) is 14.1. The third-order valence-electron chi connectivity index (χ3n) is 5.23. The Labute approximate surface area is 197 Å². The van der Waals surface area contributed by atoms with Gasteiger partial charge in [-0.3, -0.25) is 4.90 Å². The smallest absolute Gasteiger partial charge is 0.410 e. The van der Waals surface area contributed by atoms with E-state index in [9.17, 15) is 4.79 Å². The predicted molar refractivity (Wildman–Crippen MR) is 125 cm³/mol. The van der Waals surface area contributed by atoms with E-state index in [-0.39, 0.29) is 16.9 Å². The Bertz CT molecular complexity index is 1050. The van der Waals surface area contributed by atoms with Crippen LogP contribution in [0, 0.1) is 5.41 Å². The number of allylic oxidation sites excluding steroid dienone is 1. The van der Waals surface area contributed by atoms with E-state index < -0.39 is 37.2 Å². The molecule has 3 rings (SSSR count). The molecule has 1 amide bonds. The minimum atomic E-state index is -3.08. The maximum absolute atomic E-state index is 13.0. The van der Waals surface area contributed by atoms with Gasteiger partial charge < -0.3 is 9.64 Å². The van der Waals surface area contributed by atoms with Gasteiger partial charge in [-0.25, -0.2) is 4.79 Å². The lowest BCUT2D eigenvalue weighted by Gasteiger charge is -2.42. The normalized spacial score (nSPS) is 33.8. The maximum atomic E-state index is 13.0. The molecule has 30 heavy (non-hydrogen) atoms. The quantitative estimate of drug-likeness (QED) is 0.558. The van der Waals surface area contributed by atoms with Gasteiger partial charge in [-0.1, -0.05) is 43.2 Å². The van der Waals surface area contributed by atoms with E-state index in [2.05, 4.69) is 13.8 Å². The monoisotopic (exact) mass is 439 g/mol. The van der Waals surface area contributed by atoms with Crippen molar-refractivity contribution < 1.29 is 19.1 Å². The molecule has 1 aromatic carbocycles. The molecule has 4 nitrogen and oxygen atoms in total. The Hall–Kier alpha value is -1.52. The lowest BCUT2D eigenvalue weighted by molar-refractivity contribution is 0.00239. The van der Waals surface area contributed by atoms with Crippen molar-refractivity contribution in [3.05, 3.63) is 40.4 Å². The summed E-state index contributed by atoms with van der Waals surface area (Å²) in [7, 11) is 0. The highest BCUT2D eigenvalue weighted by atomic mass is 35.5. The first-order valence-corrected chi connectivity index (χ1v) is 10.7. The van der Waals surface area contributed by atoms with Gasteiger partial charge in [-0.05, 0) is 75.6 Å². The molecule has 5 heteroatoms. The summed E-state index contributed by atoms with van der Waals surface area (Å²) < 4.78 is 66.8. The van der Waals surface area contributed by atoms with Gasteiger partial charge in [-0.2, -0.15) is 0 Å². The lowest BCUT2D eigenvalue weighted by Crippen LogP contribution is -2.55. The number of ether oxygens (including phenoxy) is 1. The highest BCUT2D eigenvalue weighted by Crippen LogP contribution is 2.43. The number of carbonyl (C=O) groups is 1. The van der Waals surface area contributed by atoms with Crippen LogP contribution < -0.4 is 0 Å². The van der Waals surface area contributed by atoms with Crippen LogP contribution in [0.2, 0.25) is 5.02 Å². The summed E-state index contributed by atoms with van der Waals surface area (Å²) in [5.74, 6) is 0. The molecule has 0 radical (unpaired) electrons. The molecule has 166 valence electrons. The van der Waals surface area contributed by atoms with E-state index in [0.717, 1.165) is 35.0 Å². The topological polar surface area (TPSA) is 32.8 Å². The maximum Gasteiger partial charge on any atom is 0.410 e. The van der Waals surface area contributed by atoms with Crippen molar-refractivity contribution >= 4 is 23.3 Å². The fourth-order valence-electron chi connectivity index (χ4n) is 3.69. The minimum Gasteiger partial charge on any atom is -0.444 e. The number of hydrogen-bond acceptors (Lipinski definition) is 3. The summed E-state index contributed by atoms with van der Waals surface area (Å²) in [5.41, 5.74) is 1.50. The molecule has 0 saturated carbocycles. The van der Waals surface area contributed by atoms with Gasteiger partial charge in [0.2, 0.25) is 0 Å². The Morgan fingerprint density at radius 2 is 1.97 bits per heavy atom. The van der Waals surface area contributed by atoms with Gasteiger partial charge in [0, 0.05) is 42.6 Å². The van der Waals surface area contributed by atoms with E-state index in [1.807, 2.05) is 12.1 Å². The largest absolute Gasteiger partial charge is 0.444 e. The van der Waals surface area contributed by atoms with Crippen LogP contribution in [0.4, 0.5) is 4.79 Å². The van der Waals surface area contributed by atoms with Crippen LogP contribution in [0.25, 0.3) is 5.57 Å². The number of amides is 1. The summed E-state index contributed by atoms with van der Waals surface area (Å²) in [6.07, 6.45) is 0.719. The van der Waals surface area contributed by atoms with Gasteiger partial charge >= 0.3 is 6.09 Å². The van der Waals surface area contributed by atoms with Gasteiger partial charge in [0.25, 0.3) is 0 Å². The van der Waals surface area contributed by atoms with Crippen LogP contribution in [0.1, 0.15) is 76.0 Å². The molecule has 0 aromatic heterocycles. The minimum absolute atomic E-state index is 0.0372. The number of rotatable bonds is 3.